The maximum absolute atomic E-state index is 5.37. The fourth-order valence-corrected chi connectivity index (χ4v) is 3.28. The van der Waals surface area contributed by atoms with Crippen molar-refractivity contribution in [2.45, 2.75) is 6.92 Å². The number of ether oxygens (including phenoxy) is 1. The monoisotopic (exact) mass is 363 g/mol. The first-order valence-corrected chi connectivity index (χ1v) is 8.23. The molecule has 108 valence electrons. The zero-order valence-corrected chi connectivity index (χ0v) is 14.1. The number of hydrogen-bond donors (Lipinski definition) is 1. The van der Waals surface area contributed by atoms with E-state index in [1.165, 1.54) is 0 Å². The number of fused-ring (bicyclic) bond motifs is 1. The number of hydrogen-bond acceptors (Lipinski definition) is 5. The van der Waals surface area contributed by atoms with Crippen LogP contribution in [0.3, 0.4) is 0 Å². The van der Waals surface area contributed by atoms with Gasteiger partial charge in [0.05, 0.1) is 12.6 Å². The van der Waals surface area contributed by atoms with Crippen LogP contribution in [-0.4, -0.2) is 23.6 Å². The van der Waals surface area contributed by atoms with Gasteiger partial charge in [0, 0.05) is 16.4 Å². The molecule has 0 radical (unpaired) electrons. The third-order valence-corrected chi connectivity index (χ3v) is 4.44. The van der Waals surface area contributed by atoms with Crippen molar-refractivity contribution in [2.75, 3.05) is 19.0 Å². The van der Waals surface area contributed by atoms with Crippen LogP contribution in [0.25, 0.3) is 21.6 Å². The topological polar surface area (TPSA) is 47.0 Å². The van der Waals surface area contributed by atoms with E-state index in [9.17, 15) is 0 Å². The molecule has 0 unspecified atom stereocenters. The Morgan fingerprint density at radius 2 is 2.14 bits per heavy atom. The van der Waals surface area contributed by atoms with Gasteiger partial charge in [-0.3, -0.25) is 0 Å². The van der Waals surface area contributed by atoms with Crippen LogP contribution in [0.2, 0.25) is 0 Å². The minimum Gasteiger partial charge on any atom is -0.495 e. The summed E-state index contributed by atoms with van der Waals surface area (Å²) in [6.07, 6.45) is 0. The van der Waals surface area contributed by atoms with Crippen LogP contribution in [0.5, 0.6) is 5.75 Å². The van der Waals surface area contributed by atoms with Gasteiger partial charge < -0.3 is 10.1 Å². The Balaban J connectivity index is 2.23. The Morgan fingerprint density at radius 1 is 1.29 bits per heavy atom. The molecule has 0 aliphatic rings. The van der Waals surface area contributed by atoms with Gasteiger partial charge in [0.2, 0.25) is 0 Å². The quantitative estimate of drug-likeness (QED) is 0.737. The number of halogens is 1. The summed E-state index contributed by atoms with van der Waals surface area (Å²) in [5.41, 5.74) is 0.912. The van der Waals surface area contributed by atoms with E-state index in [0.717, 1.165) is 38.4 Å². The molecule has 6 heteroatoms. The van der Waals surface area contributed by atoms with Crippen LogP contribution in [0.15, 0.2) is 34.1 Å². The third kappa shape index (κ3) is 2.73. The molecule has 0 aliphatic heterocycles. The summed E-state index contributed by atoms with van der Waals surface area (Å²) in [7, 11) is 1.66. The molecule has 1 aromatic carbocycles. The standard InChI is InChI=1S/C15H14BrN3OS/c1-3-17-14-10-8-9(16)4-5-11(10)18-15(19-14)13-12(20-2)6-7-21-13/h4-8H,3H2,1-2H3,(H,17,18,19). The second-order valence-electron chi connectivity index (χ2n) is 4.41. The predicted octanol–water partition coefficient (Wildman–Crippen LogP) is 4.56. The van der Waals surface area contributed by atoms with Crippen molar-refractivity contribution in [1.29, 1.82) is 0 Å². The van der Waals surface area contributed by atoms with Gasteiger partial charge in [-0.05, 0) is 36.6 Å². The SMILES string of the molecule is CCNc1nc(-c2sccc2OC)nc2ccc(Br)cc12. The number of aromatic nitrogens is 2. The van der Waals surface area contributed by atoms with Gasteiger partial charge in [-0.2, -0.15) is 0 Å². The van der Waals surface area contributed by atoms with Crippen molar-refractivity contribution in [3.05, 3.63) is 34.1 Å². The molecular weight excluding hydrogens is 350 g/mol. The molecule has 0 bridgehead atoms. The van der Waals surface area contributed by atoms with Crippen molar-refractivity contribution in [1.82, 2.24) is 9.97 Å². The highest BCUT2D eigenvalue weighted by atomic mass is 79.9. The molecular formula is C15H14BrN3OS. The molecule has 0 saturated heterocycles. The van der Waals surface area contributed by atoms with E-state index in [2.05, 4.69) is 38.1 Å². The lowest BCUT2D eigenvalue weighted by Crippen LogP contribution is -2.03. The maximum atomic E-state index is 5.37. The first-order valence-electron chi connectivity index (χ1n) is 6.56. The molecule has 0 spiro atoms. The molecule has 3 aromatic rings. The maximum Gasteiger partial charge on any atom is 0.176 e. The van der Waals surface area contributed by atoms with Gasteiger partial charge in [-0.1, -0.05) is 15.9 Å². The van der Waals surface area contributed by atoms with E-state index in [-0.39, 0.29) is 0 Å². The summed E-state index contributed by atoms with van der Waals surface area (Å²) in [4.78, 5) is 10.3. The second kappa shape index (κ2) is 5.99. The predicted molar refractivity (Wildman–Crippen MR) is 91.3 cm³/mol. The fourth-order valence-electron chi connectivity index (χ4n) is 2.13. The summed E-state index contributed by atoms with van der Waals surface area (Å²) in [6, 6.07) is 7.94. The number of rotatable bonds is 4. The molecule has 4 nitrogen and oxygen atoms in total. The van der Waals surface area contributed by atoms with Gasteiger partial charge in [0.25, 0.3) is 0 Å². The Labute approximate surface area is 135 Å². The summed E-state index contributed by atoms with van der Waals surface area (Å²) in [6.45, 7) is 2.86. The van der Waals surface area contributed by atoms with Crippen molar-refractivity contribution in [3.63, 3.8) is 0 Å². The molecule has 3 rings (SSSR count). The number of benzene rings is 1. The van der Waals surface area contributed by atoms with E-state index < -0.39 is 0 Å². The van der Waals surface area contributed by atoms with Crippen molar-refractivity contribution < 1.29 is 4.74 Å². The first kappa shape index (κ1) is 14.3. The summed E-state index contributed by atoms with van der Waals surface area (Å²) in [5.74, 6) is 2.33. The smallest absolute Gasteiger partial charge is 0.176 e. The normalized spacial score (nSPS) is 10.8. The molecule has 0 amide bonds. The number of nitrogens with zero attached hydrogens (tertiary/aromatic N) is 2. The lowest BCUT2D eigenvalue weighted by molar-refractivity contribution is 0.418. The fraction of sp³-hybridized carbons (Fsp3) is 0.200. The van der Waals surface area contributed by atoms with Gasteiger partial charge in [0.15, 0.2) is 5.82 Å². The van der Waals surface area contributed by atoms with Crippen LogP contribution in [0.1, 0.15) is 6.92 Å². The Kier molecular flexibility index (Phi) is 4.07. The lowest BCUT2D eigenvalue weighted by Gasteiger charge is -2.10. The molecule has 0 aliphatic carbocycles. The second-order valence-corrected chi connectivity index (χ2v) is 6.24. The van der Waals surface area contributed by atoms with Gasteiger partial charge in [-0.25, -0.2) is 9.97 Å². The minimum absolute atomic E-state index is 0.688. The molecule has 2 aromatic heterocycles. The number of methoxy groups -OCH3 is 1. The van der Waals surface area contributed by atoms with E-state index in [4.69, 9.17) is 4.74 Å². The molecule has 0 fully saturated rings. The van der Waals surface area contributed by atoms with Gasteiger partial charge in [0.1, 0.15) is 16.4 Å². The summed E-state index contributed by atoms with van der Waals surface area (Å²) in [5, 5.41) is 6.30. The summed E-state index contributed by atoms with van der Waals surface area (Å²) < 4.78 is 6.39. The zero-order valence-electron chi connectivity index (χ0n) is 11.7. The number of nitrogens with one attached hydrogen (secondary N) is 1. The number of anilines is 1. The van der Waals surface area contributed by atoms with Crippen LogP contribution < -0.4 is 10.1 Å². The lowest BCUT2D eigenvalue weighted by atomic mass is 10.2. The Morgan fingerprint density at radius 3 is 2.90 bits per heavy atom. The minimum atomic E-state index is 0.688. The van der Waals surface area contributed by atoms with Crippen LogP contribution in [0, 0.1) is 0 Å². The zero-order chi connectivity index (χ0) is 14.8. The highest BCUT2D eigenvalue weighted by Crippen LogP contribution is 2.35. The van der Waals surface area contributed by atoms with Crippen LogP contribution >= 0.6 is 27.3 Å². The largest absolute Gasteiger partial charge is 0.495 e. The summed E-state index contributed by atoms with van der Waals surface area (Å²) >= 11 is 5.08. The van der Waals surface area contributed by atoms with Crippen LogP contribution in [0.4, 0.5) is 5.82 Å². The Hall–Kier alpha value is -1.66. The van der Waals surface area contributed by atoms with Crippen molar-refractivity contribution >= 4 is 44.0 Å². The van der Waals surface area contributed by atoms with Gasteiger partial charge in [-0.15, -0.1) is 11.3 Å². The Bertz CT molecular complexity index is 788. The van der Waals surface area contributed by atoms with E-state index in [1.54, 1.807) is 18.4 Å². The average Bonchev–Trinajstić information content (AvgIpc) is 2.96. The first-order chi connectivity index (χ1) is 10.2. The molecule has 21 heavy (non-hydrogen) atoms. The number of thiophene rings is 1. The van der Waals surface area contributed by atoms with E-state index >= 15 is 0 Å². The molecule has 0 atom stereocenters. The highest BCUT2D eigenvalue weighted by molar-refractivity contribution is 9.10. The van der Waals surface area contributed by atoms with Crippen molar-refractivity contribution in [2.24, 2.45) is 0 Å². The van der Waals surface area contributed by atoms with E-state index in [0.29, 0.717) is 5.82 Å². The van der Waals surface area contributed by atoms with E-state index in [1.807, 2.05) is 29.6 Å². The average molecular weight is 364 g/mol. The molecule has 1 N–H and O–H groups in total. The molecule has 2 heterocycles. The highest BCUT2D eigenvalue weighted by Gasteiger charge is 2.14. The van der Waals surface area contributed by atoms with Crippen LogP contribution in [-0.2, 0) is 0 Å². The van der Waals surface area contributed by atoms with Gasteiger partial charge >= 0.3 is 0 Å². The molecule has 0 saturated carbocycles. The van der Waals surface area contributed by atoms with Crippen molar-refractivity contribution in [3.8, 4) is 16.5 Å². The third-order valence-electron chi connectivity index (χ3n) is 3.05.